The number of aryl methyl sites for hydroxylation is 1. The predicted molar refractivity (Wildman–Crippen MR) is 127 cm³/mol. The minimum atomic E-state index is -3.93. The number of para-hydroxylation sites is 2. The Labute approximate surface area is 190 Å². The third-order valence-electron chi connectivity index (χ3n) is 5.40. The lowest BCUT2D eigenvalue weighted by atomic mass is 10.2. The molecule has 0 aliphatic carbocycles. The Hall–Kier alpha value is -3.42. The van der Waals surface area contributed by atoms with Crippen molar-refractivity contribution in [3.05, 3.63) is 88.9 Å². The minimum absolute atomic E-state index is 0.0245. The number of halogens is 1. The molecule has 160 valence electrons. The largest absolute Gasteiger partial charge is 0.384 e. The molecule has 5 rings (SSSR count). The number of aromatic nitrogens is 3. The summed E-state index contributed by atoms with van der Waals surface area (Å²) >= 11 is 6.02. The summed E-state index contributed by atoms with van der Waals surface area (Å²) in [6.07, 6.45) is 0. The maximum Gasteiger partial charge on any atom is 0.212 e. The molecule has 6 nitrogen and oxygen atoms in total. The molecule has 0 aliphatic rings. The van der Waals surface area contributed by atoms with Crippen LogP contribution in [-0.4, -0.2) is 23.0 Å². The molecule has 8 heteroatoms. The van der Waals surface area contributed by atoms with Crippen molar-refractivity contribution < 1.29 is 8.42 Å². The number of hydrogen-bond donors (Lipinski definition) is 1. The topological polar surface area (TPSA) is 90.9 Å². The van der Waals surface area contributed by atoms with E-state index in [4.69, 9.17) is 22.3 Å². The number of nitrogen functional groups attached to an aromatic ring is 1. The second-order valence-electron chi connectivity index (χ2n) is 7.63. The Morgan fingerprint density at radius 3 is 2.19 bits per heavy atom. The first kappa shape index (κ1) is 20.5. The van der Waals surface area contributed by atoms with E-state index >= 15 is 0 Å². The molecule has 2 heterocycles. The van der Waals surface area contributed by atoms with Crippen LogP contribution in [0.2, 0.25) is 5.02 Å². The van der Waals surface area contributed by atoms with Crippen molar-refractivity contribution in [2.24, 2.45) is 0 Å². The van der Waals surface area contributed by atoms with E-state index in [9.17, 15) is 8.42 Å². The summed E-state index contributed by atoms with van der Waals surface area (Å²) < 4.78 is 29.0. The first-order valence-corrected chi connectivity index (χ1v) is 11.8. The summed E-state index contributed by atoms with van der Waals surface area (Å²) in [5.41, 5.74) is 10.3. The number of rotatable bonds is 4. The summed E-state index contributed by atoms with van der Waals surface area (Å²) in [6.45, 7) is 2.23. The smallest absolute Gasteiger partial charge is 0.212 e. The molecule has 0 bridgehead atoms. The molecule has 0 amide bonds. The number of sulfone groups is 1. The molecule has 2 N–H and O–H groups in total. The highest BCUT2D eigenvalue weighted by Crippen LogP contribution is 2.35. The van der Waals surface area contributed by atoms with E-state index < -0.39 is 9.84 Å². The third kappa shape index (κ3) is 3.39. The number of anilines is 1. The van der Waals surface area contributed by atoms with Gasteiger partial charge in [-0.15, -0.1) is 0 Å². The predicted octanol–water partition coefficient (Wildman–Crippen LogP) is 5.01. The van der Waals surface area contributed by atoms with Crippen LogP contribution >= 0.6 is 11.6 Å². The van der Waals surface area contributed by atoms with Gasteiger partial charge in [0.25, 0.3) is 0 Å². The van der Waals surface area contributed by atoms with Crippen LogP contribution in [0.5, 0.6) is 0 Å². The van der Waals surface area contributed by atoms with Gasteiger partial charge in [-0.1, -0.05) is 53.6 Å². The van der Waals surface area contributed by atoms with Crippen molar-refractivity contribution in [1.29, 1.82) is 0 Å². The molecule has 3 aromatic carbocycles. The second-order valence-corrected chi connectivity index (χ2v) is 9.95. The number of nitrogens with two attached hydrogens (primary N) is 1. The van der Waals surface area contributed by atoms with E-state index in [1.165, 1.54) is 0 Å². The van der Waals surface area contributed by atoms with E-state index in [0.29, 0.717) is 28.2 Å². The van der Waals surface area contributed by atoms with Crippen LogP contribution in [0.3, 0.4) is 0 Å². The van der Waals surface area contributed by atoms with Gasteiger partial charge in [-0.2, -0.15) is 0 Å². The minimum Gasteiger partial charge on any atom is -0.384 e. The molecule has 0 radical (unpaired) electrons. The van der Waals surface area contributed by atoms with Gasteiger partial charge in [0.2, 0.25) is 9.84 Å². The van der Waals surface area contributed by atoms with E-state index in [0.717, 1.165) is 11.1 Å². The van der Waals surface area contributed by atoms with Crippen LogP contribution in [0.4, 0.5) is 5.82 Å². The molecule has 0 saturated carbocycles. The molecular weight excluding hydrogens is 444 g/mol. The summed E-state index contributed by atoms with van der Waals surface area (Å²) in [5, 5.41) is 0.618. The Bertz CT molecular complexity index is 1580. The summed E-state index contributed by atoms with van der Waals surface area (Å²) in [5.74, 6) is 0.103. The van der Waals surface area contributed by atoms with Gasteiger partial charge in [0.15, 0.2) is 5.65 Å². The lowest BCUT2D eigenvalue weighted by molar-refractivity contribution is 0.597. The molecule has 0 spiro atoms. The van der Waals surface area contributed by atoms with Crippen LogP contribution in [0.1, 0.15) is 11.1 Å². The zero-order valence-corrected chi connectivity index (χ0v) is 18.7. The van der Waals surface area contributed by atoms with Crippen molar-refractivity contribution in [2.45, 2.75) is 23.3 Å². The maximum absolute atomic E-state index is 13.6. The van der Waals surface area contributed by atoms with Gasteiger partial charge in [-0.25, -0.2) is 18.4 Å². The molecule has 5 aromatic rings. The average Bonchev–Trinajstić information content (AvgIpc) is 3.05. The van der Waals surface area contributed by atoms with Gasteiger partial charge in [0.05, 0.1) is 22.5 Å². The highest BCUT2D eigenvalue weighted by atomic mass is 35.5. The van der Waals surface area contributed by atoms with Gasteiger partial charge < -0.3 is 10.3 Å². The fourth-order valence-electron chi connectivity index (χ4n) is 3.72. The highest BCUT2D eigenvalue weighted by Gasteiger charge is 2.30. The van der Waals surface area contributed by atoms with E-state index in [2.05, 4.69) is 4.98 Å². The van der Waals surface area contributed by atoms with Crippen LogP contribution < -0.4 is 5.73 Å². The normalized spacial score (nSPS) is 11.9. The molecule has 0 unspecified atom stereocenters. The monoisotopic (exact) mass is 462 g/mol. The van der Waals surface area contributed by atoms with Crippen molar-refractivity contribution >= 4 is 49.5 Å². The number of nitrogens with zero attached hydrogens (tertiary/aromatic N) is 3. The highest BCUT2D eigenvalue weighted by molar-refractivity contribution is 7.92. The fraction of sp³-hybridized carbons (Fsp3) is 0.0833. The van der Waals surface area contributed by atoms with E-state index in [-0.39, 0.29) is 21.1 Å². The van der Waals surface area contributed by atoms with Gasteiger partial charge in [0.1, 0.15) is 16.2 Å². The standard InChI is InChI=1S/C24H19ClN4O2S/c1-15-6-12-18(13-7-15)32(30,31)22-21-24(28-20-5-3-2-4-19(20)27-21)29(23(22)26)14-16-8-10-17(25)11-9-16/h2-13H,14,26H2,1H3. The first-order chi connectivity index (χ1) is 15.3. The Kier molecular flexibility index (Phi) is 4.87. The zero-order valence-electron chi connectivity index (χ0n) is 17.2. The average molecular weight is 463 g/mol. The molecule has 32 heavy (non-hydrogen) atoms. The molecular formula is C24H19ClN4O2S. The lowest BCUT2D eigenvalue weighted by Crippen LogP contribution is -2.09. The van der Waals surface area contributed by atoms with Crippen LogP contribution in [0, 0.1) is 6.92 Å². The lowest BCUT2D eigenvalue weighted by Gasteiger charge is -2.09. The Morgan fingerprint density at radius 1 is 0.906 bits per heavy atom. The Balaban J connectivity index is 1.80. The second kappa shape index (κ2) is 7.62. The number of hydrogen-bond acceptors (Lipinski definition) is 5. The summed E-state index contributed by atoms with van der Waals surface area (Å²) in [6, 6.07) is 21.3. The summed E-state index contributed by atoms with van der Waals surface area (Å²) in [7, 11) is -3.93. The van der Waals surface area contributed by atoms with Crippen molar-refractivity contribution in [1.82, 2.24) is 14.5 Å². The summed E-state index contributed by atoms with van der Waals surface area (Å²) in [4.78, 5) is 9.52. The van der Waals surface area contributed by atoms with E-state index in [1.54, 1.807) is 47.0 Å². The first-order valence-electron chi connectivity index (χ1n) is 9.95. The molecule has 0 atom stereocenters. The van der Waals surface area contributed by atoms with Gasteiger partial charge in [0, 0.05) is 5.02 Å². The molecule has 2 aromatic heterocycles. The van der Waals surface area contributed by atoms with Crippen LogP contribution in [0.25, 0.3) is 22.2 Å². The van der Waals surface area contributed by atoms with Gasteiger partial charge in [-0.05, 0) is 48.9 Å². The number of fused-ring (bicyclic) bond motifs is 2. The third-order valence-corrected chi connectivity index (χ3v) is 7.48. The zero-order chi connectivity index (χ0) is 22.5. The van der Waals surface area contributed by atoms with Crippen LogP contribution in [0.15, 0.2) is 82.6 Å². The molecule has 0 aliphatic heterocycles. The Morgan fingerprint density at radius 2 is 1.53 bits per heavy atom. The molecule has 0 fully saturated rings. The van der Waals surface area contributed by atoms with Crippen molar-refractivity contribution in [3.8, 4) is 0 Å². The fourth-order valence-corrected chi connectivity index (χ4v) is 5.35. The van der Waals surface area contributed by atoms with Gasteiger partial charge in [-0.3, -0.25) is 0 Å². The SMILES string of the molecule is Cc1ccc(S(=O)(=O)c2c(N)n(Cc3ccc(Cl)cc3)c3nc4ccccc4nc23)cc1. The van der Waals surface area contributed by atoms with Crippen LogP contribution in [-0.2, 0) is 16.4 Å². The maximum atomic E-state index is 13.6. The number of benzene rings is 3. The van der Waals surface area contributed by atoms with Gasteiger partial charge >= 0.3 is 0 Å². The molecule has 0 saturated heterocycles. The van der Waals surface area contributed by atoms with E-state index in [1.807, 2.05) is 37.3 Å². The van der Waals surface area contributed by atoms with Crippen molar-refractivity contribution in [2.75, 3.05) is 5.73 Å². The van der Waals surface area contributed by atoms with Crippen molar-refractivity contribution in [3.63, 3.8) is 0 Å². The quantitative estimate of drug-likeness (QED) is 0.405.